The van der Waals surface area contributed by atoms with Crippen molar-refractivity contribution in [1.29, 1.82) is 0 Å². The summed E-state index contributed by atoms with van der Waals surface area (Å²) in [5.41, 5.74) is 1.19. The molecule has 1 aromatic carbocycles. The summed E-state index contributed by atoms with van der Waals surface area (Å²) in [5, 5.41) is 3.51. The lowest BCUT2D eigenvalue weighted by Gasteiger charge is -2.45. The van der Waals surface area contributed by atoms with Gasteiger partial charge < -0.3 is 15.0 Å². The van der Waals surface area contributed by atoms with Crippen molar-refractivity contribution in [3.63, 3.8) is 0 Å². The number of amides is 1. The summed E-state index contributed by atoms with van der Waals surface area (Å²) in [6.07, 6.45) is 6.87. The van der Waals surface area contributed by atoms with E-state index in [-0.39, 0.29) is 17.1 Å². The van der Waals surface area contributed by atoms with Crippen LogP contribution < -0.4 is 14.7 Å². The van der Waals surface area contributed by atoms with Crippen molar-refractivity contribution in [3.05, 3.63) is 24.0 Å². The SMILES string of the molecule is C[C@H]1CCC[N+]1(c1ccc(N2CCCC3(CCOCC3)C2=O)c(F)c1)[C@@H]1CCNC1. The Labute approximate surface area is 179 Å². The Hall–Kier alpha value is -1.50. The highest BCUT2D eigenvalue weighted by Gasteiger charge is 2.49. The van der Waals surface area contributed by atoms with Gasteiger partial charge in [-0.25, -0.2) is 4.39 Å². The van der Waals surface area contributed by atoms with Crippen LogP contribution in [0.2, 0.25) is 0 Å². The molecule has 4 aliphatic heterocycles. The maximum Gasteiger partial charge on any atom is 0.233 e. The number of ether oxygens (including phenoxy) is 1. The molecule has 5 nitrogen and oxygen atoms in total. The summed E-state index contributed by atoms with van der Waals surface area (Å²) < 4.78 is 21.9. The summed E-state index contributed by atoms with van der Waals surface area (Å²) >= 11 is 0. The Morgan fingerprint density at radius 2 is 2.03 bits per heavy atom. The number of rotatable bonds is 3. The van der Waals surface area contributed by atoms with E-state index in [1.165, 1.54) is 12.8 Å². The highest BCUT2D eigenvalue weighted by molar-refractivity contribution is 5.98. The van der Waals surface area contributed by atoms with Gasteiger partial charge >= 0.3 is 0 Å². The summed E-state index contributed by atoms with van der Waals surface area (Å²) in [6.45, 7) is 7.33. The Kier molecular flexibility index (Phi) is 5.36. The summed E-state index contributed by atoms with van der Waals surface area (Å²) in [5.74, 6) is -0.144. The second-order valence-electron chi connectivity index (χ2n) is 9.88. The van der Waals surface area contributed by atoms with E-state index in [0.717, 1.165) is 61.9 Å². The first-order chi connectivity index (χ1) is 14.6. The van der Waals surface area contributed by atoms with E-state index in [1.807, 2.05) is 6.07 Å². The predicted octanol–water partition coefficient (Wildman–Crippen LogP) is 3.60. The van der Waals surface area contributed by atoms with Crippen molar-refractivity contribution in [1.82, 2.24) is 9.80 Å². The molecule has 0 bridgehead atoms. The number of halogens is 1. The number of likely N-dealkylation sites (tertiary alicyclic amines) is 1. The van der Waals surface area contributed by atoms with Crippen LogP contribution in [0.4, 0.5) is 15.8 Å². The lowest BCUT2D eigenvalue weighted by Crippen LogP contribution is -2.59. The van der Waals surface area contributed by atoms with Crippen LogP contribution in [-0.4, -0.2) is 57.4 Å². The highest BCUT2D eigenvalue weighted by Crippen LogP contribution is 2.44. The molecule has 4 heterocycles. The van der Waals surface area contributed by atoms with Crippen molar-refractivity contribution >= 4 is 17.3 Å². The average molecular weight is 417 g/mol. The zero-order valence-corrected chi connectivity index (χ0v) is 18.2. The van der Waals surface area contributed by atoms with Gasteiger partial charge in [0, 0.05) is 64.2 Å². The van der Waals surface area contributed by atoms with E-state index < -0.39 is 0 Å². The molecule has 30 heavy (non-hydrogen) atoms. The first-order valence-corrected chi connectivity index (χ1v) is 11.8. The van der Waals surface area contributed by atoms with Crippen molar-refractivity contribution in [2.75, 3.05) is 44.3 Å². The number of anilines is 1. The van der Waals surface area contributed by atoms with Gasteiger partial charge in [0.15, 0.2) is 5.82 Å². The van der Waals surface area contributed by atoms with E-state index >= 15 is 4.39 Å². The van der Waals surface area contributed by atoms with E-state index in [4.69, 9.17) is 4.74 Å². The molecule has 0 radical (unpaired) electrons. The lowest BCUT2D eigenvalue weighted by molar-refractivity contribution is -0.136. The monoisotopic (exact) mass is 416 g/mol. The second-order valence-corrected chi connectivity index (χ2v) is 9.88. The predicted molar refractivity (Wildman–Crippen MR) is 117 cm³/mol. The number of hydrogen-bond donors (Lipinski definition) is 1. The molecular formula is C24H35FN3O2+. The summed E-state index contributed by atoms with van der Waals surface area (Å²) in [7, 11) is 0. The van der Waals surface area contributed by atoms with Gasteiger partial charge in [-0.15, -0.1) is 0 Å². The van der Waals surface area contributed by atoms with Gasteiger partial charge in [-0.05, 0) is 38.7 Å². The summed E-state index contributed by atoms with van der Waals surface area (Å²) in [6, 6.07) is 6.75. The van der Waals surface area contributed by atoms with Gasteiger partial charge in [-0.1, -0.05) is 0 Å². The molecule has 4 saturated heterocycles. The van der Waals surface area contributed by atoms with Crippen LogP contribution in [0.5, 0.6) is 0 Å². The number of carbonyl (C=O) groups excluding carboxylic acids is 1. The molecule has 5 rings (SSSR count). The van der Waals surface area contributed by atoms with Crippen LogP contribution in [-0.2, 0) is 9.53 Å². The lowest BCUT2D eigenvalue weighted by atomic mass is 9.73. The third-order valence-electron chi connectivity index (χ3n) is 8.51. The van der Waals surface area contributed by atoms with Crippen LogP contribution in [0.15, 0.2) is 18.2 Å². The normalized spacial score (nSPS) is 34.1. The second kappa shape index (κ2) is 7.88. The number of carbonyl (C=O) groups is 1. The molecule has 3 atom stereocenters. The molecule has 4 aliphatic rings. The van der Waals surface area contributed by atoms with Crippen LogP contribution in [0.1, 0.15) is 51.9 Å². The molecule has 4 fully saturated rings. The minimum Gasteiger partial charge on any atom is -0.381 e. The Bertz CT molecular complexity index is 798. The van der Waals surface area contributed by atoms with Crippen LogP contribution in [0.25, 0.3) is 0 Å². The average Bonchev–Trinajstić information content (AvgIpc) is 3.42. The standard InChI is InChI=1S/C24H35FN3O2/c1-18-4-2-13-28(18,20-7-11-26-17-20)19-5-6-22(21(25)16-19)27-12-3-8-24(23(27)29)9-14-30-15-10-24/h5-6,16,18,20,26H,2-4,7-15,17H2,1H3/q+1/t18-,20+,28?/m0/s1. The fourth-order valence-corrected chi connectivity index (χ4v) is 6.77. The van der Waals surface area contributed by atoms with Crippen molar-refractivity contribution in [2.45, 2.75) is 64.0 Å². The van der Waals surface area contributed by atoms with Crippen molar-refractivity contribution in [3.8, 4) is 0 Å². The number of nitrogens with one attached hydrogen (secondary N) is 1. The first kappa shape index (κ1) is 20.4. The maximum absolute atomic E-state index is 15.6. The minimum absolute atomic E-state index is 0.0992. The molecule has 1 amide bonds. The summed E-state index contributed by atoms with van der Waals surface area (Å²) in [4.78, 5) is 15.1. The molecule has 1 unspecified atom stereocenters. The van der Waals surface area contributed by atoms with Crippen molar-refractivity contribution < 1.29 is 13.9 Å². The first-order valence-electron chi connectivity index (χ1n) is 11.8. The zero-order chi connectivity index (χ0) is 20.8. The largest absolute Gasteiger partial charge is 0.381 e. The van der Waals surface area contributed by atoms with Gasteiger partial charge in [0.1, 0.15) is 11.7 Å². The molecule has 1 aromatic rings. The number of piperidine rings is 1. The number of benzene rings is 1. The highest BCUT2D eigenvalue weighted by atomic mass is 19.1. The number of hydrogen-bond acceptors (Lipinski definition) is 3. The van der Waals surface area contributed by atoms with Crippen LogP contribution in [0.3, 0.4) is 0 Å². The number of quaternary nitrogens is 1. The Morgan fingerprint density at radius 3 is 2.70 bits per heavy atom. The van der Waals surface area contributed by atoms with Gasteiger partial charge in [-0.3, -0.25) is 9.28 Å². The quantitative estimate of drug-likeness (QED) is 0.766. The molecular weight excluding hydrogens is 381 g/mol. The van der Waals surface area contributed by atoms with E-state index in [9.17, 15) is 4.79 Å². The van der Waals surface area contributed by atoms with E-state index in [0.29, 0.717) is 37.5 Å². The van der Waals surface area contributed by atoms with E-state index in [2.05, 4.69) is 18.3 Å². The Balaban J connectivity index is 1.46. The van der Waals surface area contributed by atoms with Gasteiger partial charge in [-0.2, -0.15) is 0 Å². The molecule has 1 N–H and O–H groups in total. The molecule has 0 aromatic heterocycles. The smallest absolute Gasteiger partial charge is 0.233 e. The maximum atomic E-state index is 15.6. The van der Waals surface area contributed by atoms with Crippen LogP contribution >= 0.6 is 0 Å². The Morgan fingerprint density at radius 1 is 1.20 bits per heavy atom. The fraction of sp³-hybridized carbons (Fsp3) is 0.708. The number of nitrogens with zero attached hydrogens (tertiary/aromatic N) is 2. The molecule has 6 heteroatoms. The van der Waals surface area contributed by atoms with Gasteiger partial charge in [0.25, 0.3) is 0 Å². The van der Waals surface area contributed by atoms with Crippen molar-refractivity contribution in [2.24, 2.45) is 5.41 Å². The topological polar surface area (TPSA) is 41.6 Å². The van der Waals surface area contributed by atoms with E-state index in [1.54, 1.807) is 11.0 Å². The van der Waals surface area contributed by atoms with Crippen LogP contribution in [0, 0.1) is 11.2 Å². The molecule has 0 saturated carbocycles. The zero-order valence-electron chi connectivity index (χ0n) is 18.2. The van der Waals surface area contributed by atoms with Gasteiger partial charge in [0.2, 0.25) is 5.91 Å². The third kappa shape index (κ3) is 3.10. The third-order valence-corrected chi connectivity index (χ3v) is 8.51. The minimum atomic E-state index is -0.353. The molecule has 1 spiro atoms. The molecule has 0 aliphatic carbocycles. The fourth-order valence-electron chi connectivity index (χ4n) is 6.77. The van der Waals surface area contributed by atoms with Gasteiger partial charge in [0.05, 0.1) is 23.7 Å². The molecule has 164 valence electrons.